The van der Waals surface area contributed by atoms with Gasteiger partial charge in [-0.2, -0.15) is 0 Å². The van der Waals surface area contributed by atoms with Crippen molar-refractivity contribution < 1.29 is 0 Å². The van der Waals surface area contributed by atoms with Gasteiger partial charge in [0.25, 0.3) is 0 Å². The van der Waals surface area contributed by atoms with Crippen LogP contribution in [0.5, 0.6) is 0 Å². The fraction of sp³-hybridized carbons (Fsp3) is 0.0233. The van der Waals surface area contributed by atoms with Crippen molar-refractivity contribution in [2.75, 3.05) is 0 Å². The standard InChI is InChI=1S/C69H46.C60H38/c1-69(2)63-26-14-13-19-53(63)54-37-36-52(42-64(54)69)67-57-22-9-7-20-55(57)65(56-21-8-10-23-58(56)67)46-31-27-45(28-32-46)49-35-38-61-62(41-49)68(51-34-30-44-16-4-6-18-48(44)40-51)60-25-12-11-24-59(60)66(61)50-33-29-43-15-3-5-17-47(43)39-50;1-2-14-39(15-3-1)42-26-30-43(31-27-42)57-49-20-8-10-22-51(49)59(52-23-11-9-21-50(52)57)48-34-35-55-56(38-48)60(47-33-29-41-17-5-7-19-45(41)37-47)54-25-13-12-24-53(54)58(55)46-32-28-40-16-4-6-18-44(40)36-46/h3-42H,1-2H3;1-38H. The molecule has 0 nitrogen and oxygen atoms in total. The summed E-state index contributed by atoms with van der Waals surface area (Å²) in [4.78, 5) is 0. The molecule has 25 aromatic rings. The molecule has 600 valence electrons. The number of fused-ring (bicyclic) bond motifs is 15. The van der Waals surface area contributed by atoms with Crippen molar-refractivity contribution in [2.24, 2.45) is 0 Å². The average molecular weight is 1630 g/mol. The highest BCUT2D eigenvalue weighted by molar-refractivity contribution is 6.28. The maximum Gasteiger partial charge on any atom is 0.0159 e. The van der Waals surface area contributed by atoms with Crippen LogP contribution in [0.1, 0.15) is 25.0 Å². The maximum atomic E-state index is 2.49. The van der Waals surface area contributed by atoms with Crippen molar-refractivity contribution >= 4 is 129 Å². The smallest absolute Gasteiger partial charge is 0.0159 e. The molecule has 25 aromatic carbocycles. The van der Waals surface area contributed by atoms with Crippen LogP contribution in [0.25, 0.3) is 252 Å². The van der Waals surface area contributed by atoms with Gasteiger partial charge in [0.1, 0.15) is 0 Å². The van der Waals surface area contributed by atoms with E-state index in [4.69, 9.17) is 0 Å². The molecule has 0 saturated heterocycles. The summed E-state index contributed by atoms with van der Waals surface area (Å²) in [7, 11) is 0. The fourth-order valence-corrected chi connectivity index (χ4v) is 22.0. The number of hydrogen-bond acceptors (Lipinski definition) is 0. The van der Waals surface area contributed by atoms with Crippen LogP contribution in [0.2, 0.25) is 0 Å². The molecular formula is C129H84. The molecule has 0 heteroatoms. The summed E-state index contributed by atoms with van der Waals surface area (Å²) >= 11 is 0. The first-order chi connectivity index (χ1) is 63.7. The molecule has 0 radical (unpaired) electrons. The van der Waals surface area contributed by atoms with E-state index in [1.165, 1.54) is 263 Å². The molecule has 26 rings (SSSR count). The molecule has 129 heavy (non-hydrogen) atoms. The molecule has 0 heterocycles. The molecular weight excluding hydrogens is 1550 g/mol. The fourth-order valence-electron chi connectivity index (χ4n) is 22.0. The van der Waals surface area contributed by atoms with Gasteiger partial charge in [-0.05, 0) is 305 Å². The van der Waals surface area contributed by atoms with Gasteiger partial charge in [-0.3, -0.25) is 0 Å². The SMILES string of the molecule is CC1(C)c2ccccc2-c2ccc(-c3c4ccccc4c(-c4ccc(-c5ccc6c(-c7ccc8ccccc8c7)c7ccccc7c(-c7ccc8ccccc8c7)c6c5)cc4)c4ccccc34)cc21.c1ccc(-c2ccc(-c3c4ccccc4c(-c4ccc5c(-c6ccc7ccccc7c6)c6ccccc6c(-c6ccc7ccccc7c6)c5c4)c4ccccc34)cc2)cc1. The minimum Gasteiger partial charge on any atom is -0.0622 e. The molecule has 0 bridgehead atoms. The zero-order valence-electron chi connectivity index (χ0n) is 71.5. The van der Waals surface area contributed by atoms with Crippen molar-refractivity contribution in [3.8, 4) is 122 Å². The van der Waals surface area contributed by atoms with Crippen LogP contribution < -0.4 is 0 Å². The summed E-state index contributed by atoms with van der Waals surface area (Å²) in [5, 5.41) is 30.1. The van der Waals surface area contributed by atoms with Gasteiger partial charge in [-0.15, -0.1) is 0 Å². The molecule has 0 aromatic heterocycles. The maximum absolute atomic E-state index is 2.49. The first-order valence-corrected chi connectivity index (χ1v) is 45.1. The van der Waals surface area contributed by atoms with E-state index < -0.39 is 0 Å². The summed E-state index contributed by atoms with van der Waals surface area (Å²) in [5.41, 5.74) is 30.2. The molecule has 0 fully saturated rings. The van der Waals surface area contributed by atoms with Crippen LogP contribution in [0.3, 0.4) is 0 Å². The average Bonchev–Trinajstić information content (AvgIpc) is 1.56. The second kappa shape index (κ2) is 30.5. The lowest BCUT2D eigenvalue weighted by Crippen LogP contribution is -2.14. The third-order valence-corrected chi connectivity index (χ3v) is 28.0. The second-order valence-corrected chi connectivity index (χ2v) is 35.5. The van der Waals surface area contributed by atoms with E-state index in [0.717, 1.165) is 0 Å². The molecule has 0 spiro atoms. The monoisotopic (exact) mass is 1630 g/mol. The van der Waals surface area contributed by atoms with Gasteiger partial charge >= 0.3 is 0 Å². The lowest BCUT2D eigenvalue weighted by Gasteiger charge is -2.23. The Kier molecular flexibility index (Phi) is 17.8. The topological polar surface area (TPSA) is 0 Å². The number of benzene rings is 25. The third kappa shape index (κ3) is 12.5. The lowest BCUT2D eigenvalue weighted by atomic mass is 9.80. The third-order valence-electron chi connectivity index (χ3n) is 28.0. The Morgan fingerprint density at radius 1 is 0.116 bits per heavy atom. The van der Waals surface area contributed by atoms with Crippen molar-refractivity contribution in [2.45, 2.75) is 19.3 Å². The molecule has 1 aliphatic rings. The second-order valence-electron chi connectivity index (χ2n) is 35.5. The Morgan fingerprint density at radius 2 is 0.326 bits per heavy atom. The van der Waals surface area contributed by atoms with E-state index in [9.17, 15) is 0 Å². The molecule has 0 saturated carbocycles. The molecule has 0 N–H and O–H groups in total. The molecule has 0 unspecified atom stereocenters. The Bertz CT molecular complexity index is 8820. The van der Waals surface area contributed by atoms with E-state index >= 15 is 0 Å². The van der Waals surface area contributed by atoms with Crippen molar-refractivity contribution in [3.63, 3.8) is 0 Å². The molecule has 0 atom stereocenters. The van der Waals surface area contributed by atoms with Crippen LogP contribution in [0.15, 0.2) is 473 Å². The minimum atomic E-state index is -0.0778. The first-order valence-electron chi connectivity index (χ1n) is 45.1. The van der Waals surface area contributed by atoms with Crippen LogP contribution in [-0.2, 0) is 5.41 Å². The Morgan fingerprint density at radius 3 is 0.682 bits per heavy atom. The van der Waals surface area contributed by atoms with Gasteiger partial charge in [0.2, 0.25) is 0 Å². The van der Waals surface area contributed by atoms with Crippen molar-refractivity contribution in [3.05, 3.63) is 484 Å². The predicted molar refractivity (Wildman–Crippen MR) is 555 cm³/mol. The van der Waals surface area contributed by atoms with Gasteiger partial charge in [0.15, 0.2) is 0 Å². The van der Waals surface area contributed by atoms with E-state index in [0.29, 0.717) is 0 Å². The Balaban J connectivity index is 0.000000141. The molecule has 1 aliphatic carbocycles. The van der Waals surface area contributed by atoms with Crippen LogP contribution in [-0.4, -0.2) is 0 Å². The van der Waals surface area contributed by atoms with Crippen molar-refractivity contribution in [1.82, 2.24) is 0 Å². The lowest BCUT2D eigenvalue weighted by molar-refractivity contribution is 0.660. The summed E-state index contributed by atoms with van der Waals surface area (Å²) < 4.78 is 0. The van der Waals surface area contributed by atoms with Gasteiger partial charge in [-0.1, -0.05) is 445 Å². The Hall–Kier alpha value is -16.4. The van der Waals surface area contributed by atoms with Gasteiger partial charge in [0, 0.05) is 5.41 Å². The number of rotatable bonds is 10. The van der Waals surface area contributed by atoms with Crippen LogP contribution in [0.4, 0.5) is 0 Å². The van der Waals surface area contributed by atoms with Crippen LogP contribution in [0, 0.1) is 0 Å². The van der Waals surface area contributed by atoms with Crippen molar-refractivity contribution in [1.29, 1.82) is 0 Å². The number of hydrogen-bond donors (Lipinski definition) is 0. The summed E-state index contributed by atoms with van der Waals surface area (Å²) in [6.07, 6.45) is 0. The molecule has 0 amide bonds. The van der Waals surface area contributed by atoms with E-state index in [-0.39, 0.29) is 5.41 Å². The Labute approximate surface area is 749 Å². The predicted octanol–water partition coefficient (Wildman–Crippen LogP) is 36.2. The van der Waals surface area contributed by atoms with Gasteiger partial charge < -0.3 is 0 Å². The van der Waals surface area contributed by atoms with Crippen LogP contribution >= 0.6 is 0 Å². The minimum absolute atomic E-state index is 0.0778. The summed E-state index contributed by atoms with van der Waals surface area (Å²) in [6.45, 7) is 4.75. The quantitative estimate of drug-likeness (QED) is 0.120. The van der Waals surface area contributed by atoms with Gasteiger partial charge in [-0.25, -0.2) is 0 Å². The van der Waals surface area contributed by atoms with Gasteiger partial charge in [0.05, 0.1) is 0 Å². The van der Waals surface area contributed by atoms with E-state index in [1.807, 2.05) is 0 Å². The molecule has 0 aliphatic heterocycles. The highest BCUT2D eigenvalue weighted by Crippen LogP contribution is 2.55. The highest BCUT2D eigenvalue weighted by atomic mass is 14.4. The highest BCUT2D eigenvalue weighted by Gasteiger charge is 2.36. The summed E-state index contributed by atoms with van der Waals surface area (Å²) in [6, 6.07) is 176. The zero-order valence-corrected chi connectivity index (χ0v) is 71.5. The summed E-state index contributed by atoms with van der Waals surface area (Å²) in [5.74, 6) is 0. The van der Waals surface area contributed by atoms with E-state index in [1.54, 1.807) is 0 Å². The zero-order chi connectivity index (χ0) is 85.4. The largest absolute Gasteiger partial charge is 0.0622 e. The normalized spacial score (nSPS) is 12.3. The van der Waals surface area contributed by atoms with E-state index in [2.05, 4.69) is 487 Å². The first kappa shape index (κ1) is 75.2.